The summed E-state index contributed by atoms with van der Waals surface area (Å²) in [5, 5.41) is 7.47. The van der Waals surface area contributed by atoms with Gasteiger partial charge in [-0.3, -0.25) is 9.69 Å². The number of hydrogen-bond acceptors (Lipinski definition) is 6. The molecule has 3 rings (SSSR count). The summed E-state index contributed by atoms with van der Waals surface area (Å²) in [6.45, 7) is 4.92. The number of nitrogens with zero attached hydrogens (tertiary/aromatic N) is 5. The molecule has 1 saturated heterocycles. The number of hydrogen-bond donors (Lipinski definition) is 1. The minimum absolute atomic E-state index is 0.0722. The van der Waals surface area contributed by atoms with E-state index in [1.165, 1.54) is 11.1 Å². The van der Waals surface area contributed by atoms with Crippen LogP contribution in [0.5, 0.6) is 0 Å². The maximum absolute atomic E-state index is 12.9. The average Bonchev–Trinajstić information content (AvgIpc) is 2.63. The van der Waals surface area contributed by atoms with E-state index in [1.54, 1.807) is 12.1 Å². The molecule has 1 N–H and O–H groups in total. The lowest BCUT2D eigenvalue weighted by Crippen LogP contribution is -2.45. The Morgan fingerprint density at radius 3 is 2.84 bits per heavy atom. The fourth-order valence-electron chi connectivity index (χ4n) is 3.13. The molecule has 0 saturated carbocycles. The molecule has 0 radical (unpaired) electrons. The maximum atomic E-state index is 12.9. The molecule has 1 aliphatic rings. The SMILES string of the molecule is Cc1ccc(=O)n(CCN2CCCCC2CNc2ncc(F)cn2)n1. The molecule has 0 spiro atoms. The van der Waals surface area contributed by atoms with Gasteiger partial charge in [0.25, 0.3) is 5.56 Å². The van der Waals surface area contributed by atoms with Crippen molar-refractivity contribution in [3.05, 3.63) is 46.4 Å². The van der Waals surface area contributed by atoms with E-state index in [9.17, 15) is 9.18 Å². The number of aryl methyl sites for hydroxylation is 1. The first-order valence-corrected chi connectivity index (χ1v) is 8.62. The van der Waals surface area contributed by atoms with Gasteiger partial charge in [-0.25, -0.2) is 19.0 Å². The van der Waals surface area contributed by atoms with Crippen LogP contribution in [-0.4, -0.2) is 50.3 Å². The second kappa shape index (κ2) is 8.15. The summed E-state index contributed by atoms with van der Waals surface area (Å²) in [6.07, 6.45) is 5.72. The first-order chi connectivity index (χ1) is 12.1. The van der Waals surface area contributed by atoms with Crippen LogP contribution in [0.2, 0.25) is 0 Å². The molecule has 1 atom stereocenters. The van der Waals surface area contributed by atoms with Gasteiger partial charge in [-0.2, -0.15) is 5.10 Å². The maximum Gasteiger partial charge on any atom is 0.266 e. The highest BCUT2D eigenvalue weighted by Crippen LogP contribution is 2.17. The van der Waals surface area contributed by atoms with Crippen molar-refractivity contribution in [3.63, 3.8) is 0 Å². The van der Waals surface area contributed by atoms with Gasteiger partial charge in [-0.05, 0) is 32.4 Å². The molecule has 134 valence electrons. The second-order valence-electron chi connectivity index (χ2n) is 6.33. The first kappa shape index (κ1) is 17.5. The third-order valence-electron chi connectivity index (χ3n) is 4.46. The Balaban J connectivity index is 1.57. The lowest BCUT2D eigenvalue weighted by atomic mass is 10.0. The standard InChI is InChI=1S/C17H23FN6O/c1-13-5-6-16(25)24(22-13)9-8-23-7-3-2-4-15(23)12-21-17-19-10-14(18)11-20-17/h5-6,10-11,15H,2-4,7-9,12H2,1H3,(H,19,20,21). The van der Waals surface area contributed by atoms with Gasteiger partial charge in [0.15, 0.2) is 5.82 Å². The van der Waals surface area contributed by atoms with Crippen molar-refractivity contribution >= 4 is 5.95 Å². The van der Waals surface area contributed by atoms with Crippen molar-refractivity contribution in [2.24, 2.45) is 0 Å². The Kier molecular flexibility index (Phi) is 5.70. The molecule has 1 unspecified atom stereocenters. The number of nitrogens with one attached hydrogen (secondary N) is 1. The van der Waals surface area contributed by atoms with E-state index < -0.39 is 5.82 Å². The van der Waals surface area contributed by atoms with E-state index in [4.69, 9.17) is 0 Å². The Bertz CT molecular complexity index is 748. The zero-order valence-electron chi connectivity index (χ0n) is 14.4. The van der Waals surface area contributed by atoms with Gasteiger partial charge >= 0.3 is 0 Å². The second-order valence-corrected chi connectivity index (χ2v) is 6.33. The third kappa shape index (κ3) is 4.82. The quantitative estimate of drug-likeness (QED) is 0.853. The van der Waals surface area contributed by atoms with Crippen LogP contribution < -0.4 is 10.9 Å². The molecule has 0 aromatic carbocycles. The van der Waals surface area contributed by atoms with Gasteiger partial charge in [0.2, 0.25) is 5.95 Å². The summed E-state index contributed by atoms with van der Waals surface area (Å²) in [5.41, 5.74) is 0.766. The zero-order chi connectivity index (χ0) is 17.6. The van der Waals surface area contributed by atoms with E-state index in [-0.39, 0.29) is 5.56 Å². The molecular formula is C17H23FN6O. The minimum Gasteiger partial charge on any atom is -0.353 e. The summed E-state index contributed by atoms with van der Waals surface area (Å²) in [7, 11) is 0. The van der Waals surface area contributed by atoms with Crippen molar-refractivity contribution in [3.8, 4) is 0 Å². The highest BCUT2D eigenvalue weighted by molar-refractivity contribution is 5.22. The van der Waals surface area contributed by atoms with Gasteiger partial charge in [0, 0.05) is 25.2 Å². The van der Waals surface area contributed by atoms with Gasteiger partial charge in [0.1, 0.15) is 0 Å². The van der Waals surface area contributed by atoms with Crippen molar-refractivity contribution < 1.29 is 4.39 Å². The van der Waals surface area contributed by atoms with Crippen LogP contribution in [0.3, 0.4) is 0 Å². The van der Waals surface area contributed by atoms with Crippen LogP contribution in [0.15, 0.2) is 29.3 Å². The van der Waals surface area contributed by atoms with Gasteiger partial charge < -0.3 is 5.32 Å². The summed E-state index contributed by atoms with van der Waals surface area (Å²) >= 11 is 0. The van der Waals surface area contributed by atoms with Gasteiger partial charge in [-0.1, -0.05) is 6.42 Å². The van der Waals surface area contributed by atoms with E-state index in [2.05, 4.69) is 25.3 Å². The van der Waals surface area contributed by atoms with Crippen LogP contribution in [0.1, 0.15) is 25.0 Å². The van der Waals surface area contributed by atoms with Crippen LogP contribution in [0.25, 0.3) is 0 Å². The topological polar surface area (TPSA) is 75.9 Å². The molecular weight excluding hydrogens is 323 g/mol. The Hall–Kier alpha value is -2.35. The van der Waals surface area contributed by atoms with Crippen LogP contribution in [0.4, 0.5) is 10.3 Å². The lowest BCUT2D eigenvalue weighted by Gasteiger charge is -2.35. The summed E-state index contributed by atoms with van der Waals surface area (Å²) in [6, 6.07) is 3.63. The smallest absolute Gasteiger partial charge is 0.266 e. The molecule has 0 bridgehead atoms. The number of aromatic nitrogens is 4. The predicted octanol–water partition coefficient (Wildman–Crippen LogP) is 1.45. The van der Waals surface area contributed by atoms with Crippen molar-refractivity contribution in [2.75, 3.05) is 25.0 Å². The van der Waals surface area contributed by atoms with E-state index in [0.29, 0.717) is 25.1 Å². The summed E-state index contributed by atoms with van der Waals surface area (Å²) in [5.74, 6) is -0.00978. The number of anilines is 1. The zero-order valence-corrected chi connectivity index (χ0v) is 14.4. The molecule has 3 heterocycles. The van der Waals surface area contributed by atoms with Crippen LogP contribution in [-0.2, 0) is 6.54 Å². The van der Waals surface area contributed by atoms with Crippen LogP contribution >= 0.6 is 0 Å². The highest BCUT2D eigenvalue weighted by Gasteiger charge is 2.22. The molecule has 0 amide bonds. The van der Waals surface area contributed by atoms with Crippen LogP contribution in [0, 0.1) is 12.7 Å². The first-order valence-electron chi connectivity index (χ1n) is 8.62. The normalized spacial score (nSPS) is 18.2. The fourth-order valence-corrected chi connectivity index (χ4v) is 3.13. The molecule has 2 aromatic heterocycles. The molecule has 2 aromatic rings. The molecule has 1 aliphatic heterocycles. The third-order valence-corrected chi connectivity index (χ3v) is 4.46. The number of likely N-dealkylation sites (tertiary alicyclic amines) is 1. The Morgan fingerprint density at radius 2 is 2.04 bits per heavy atom. The highest BCUT2D eigenvalue weighted by atomic mass is 19.1. The number of rotatable bonds is 6. The molecule has 8 heteroatoms. The van der Waals surface area contributed by atoms with E-state index >= 15 is 0 Å². The number of halogens is 1. The monoisotopic (exact) mass is 346 g/mol. The molecule has 1 fully saturated rings. The average molecular weight is 346 g/mol. The largest absolute Gasteiger partial charge is 0.353 e. The van der Waals surface area contributed by atoms with Crippen molar-refractivity contribution in [1.29, 1.82) is 0 Å². The van der Waals surface area contributed by atoms with Crippen molar-refractivity contribution in [2.45, 2.75) is 38.8 Å². The number of piperidine rings is 1. The van der Waals surface area contributed by atoms with E-state index in [0.717, 1.165) is 44.0 Å². The van der Waals surface area contributed by atoms with Gasteiger partial charge in [0.05, 0.1) is 24.6 Å². The molecule has 7 nitrogen and oxygen atoms in total. The summed E-state index contributed by atoms with van der Waals surface area (Å²) in [4.78, 5) is 22.1. The predicted molar refractivity (Wildman–Crippen MR) is 92.9 cm³/mol. The van der Waals surface area contributed by atoms with Gasteiger partial charge in [-0.15, -0.1) is 0 Å². The fraction of sp³-hybridized carbons (Fsp3) is 0.529. The minimum atomic E-state index is -0.444. The molecule has 25 heavy (non-hydrogen) atoms. The summed E-state index contributed by atoms with van der Waals surface area (Å²) < 4.78 is 14.4. The van der Waals surface area contributed by atoms with Crippen molar-refractivity contribution in [1.82, 2.24) is 24.6 Å². The lowest BCUT2D eigenvalue weighted by molar-refractivity contribution is 0.147. The Labute approximate surface area is 145 Å². The van der Waals surface area contributed by atoms with E-state index in [1.807, 2.05) is 6.92 Å². The Morgan fingerprint density at radius 1 is 1.24 bits per heavy atom. The molecule has 0 aliphatic carbocycles.